The van der Waals surface area contributed by atoms with Gasteiger partial charge < -0.3 is 15.3 Å². The molecule has 1 unspecified atom stereocenters. The normalized spacial score (nSPS) is 16.8. The van der Waals surface area contributed by atoms with E-state index in [1.807, 2.05) is 0 Å². The molecule has 2 aromatic rings. The van der Waals surface area contributed by atoms with Crippen LogP contribution in [0.5, 0.6) is 0 Å². The summed E-state index contributed by atoms with van der Waals surface area (Å²) in [5, 5.41) is 16.5. The van der Waals surface area contributed by atoms with Crippen molar-refractivity contribution in [1.82, 2.24) is 15.2 Å². The van der Waals surface area contributed by atoms with Crippen molar-refractivity contribution in [3.05, 3.63) is 40.9 Å². The Labute approximate surface area is 142 Å². The second kappa shape index (κ2) is 8.02. The first-order chi connectivity index (χ1) is 11.2. The predicted molar refractivity (Wildman–Crippen MR) is 95.7 cm³/mol. The zero-order valence-corrected chi connectivity index (χ0v) is 14.5. The molecule has 0 saturated carbocycles. The summed E-state index contributed by atoms with van der Waals surface area (Å²) in [5.41, 5.74) is 3.47. The minimum atomic E-state index is -0.302. The third kappa shape index (κ3) is 4.85. The summed E-state index contributed by atoms with van der Waals surface area (Å²) in [5.74, 6) is 0. The second-order valence-corrected chi connectivity index (χ2v) is 7.16. The topological polar surface area (TPSA) is 48.4 Å². The molecule has 1 atom stereocenters. The Bertz CT molecular complexity index is 605. The van der Waals surface area contributed by atoms with Crippen LogP contribution in [-0.2, 0) is 6.54 Å². The number of hydrogen-bond donors (Lipinski definition) is 2. The number of aromatic nitrogens is 1. The van der Waals surface area contributed by atoms with Gasteiger partial charge in [0.25, 0.3) is 0 Å². The first-order valence-electron chi connectivity index (χ1n) is 8.33. The molecule has 5 heteroatoms. The average Bonchev–Trinajstić information content (AvgIpc) is 3.20. The van der Waals surface area contributed by atoms with Gasteiger partial charge in [-0.1, -0.05) is 29.8 Å². The van der Waals surface area contributed by atoms with Crippen LogP contribution in [0.15, 0.2) is 29.6 Å². The molecule has 2 heterocycles. The van der Waals surface area contributed by atoms with Gasteiger partial charge in [0.05, 0.1) is 11.8 Å². The Morgan fingerprint density at radius 1 is 1.26 bits per heavy atom. The van der Waals surface area contributed by atoms with E-state index >= 15 is 0 Å². The van der Waals surface area contributed by atoms with Gasteiger partial charge in [-0.05, 0) is 32.9 Å². The Balaban J connectivity index is 1.44. The summed E-state index contributed by atoms with van der Waals surface area (Å²) in [7, 11) is 0. The van der Waals surface area contributed by atoms with E-state index in [1.54, 1.807) is 11.3 Å². The molecule has 1 fully saturated rings. The molecule has 0 radical (unpaired) electrons. The number of benzene rings is 1. The molecule has 1 aliphatic rings. The number of rotatable bonds is 7. The Hall–Kier alpha value is -1.27. The maximum Gasteiger partial charge on any atom is 0.123 e. The first-order valence-corrected chi connectivity index (χ1v) is 9.21. The molecule has 1 aliphatic heterocycles. The molecule has 1 aromatic carbocycles. The lowest BCUT2D eigenvalue weighted by molar-refractivity contribution is 0.123. The van der Waals surface area contributed by atoms with Crippen molar-refractivity contribution in [2.75, 3.05) is 26.2 Å². The number of aliphatic hydroxyl groups is 1. The number of hydrogen-bond acceptors (Lipinski definition) is 5. The fourth-order valence-electron chi connectivity index (χ4n) is 2.91. The summed E-state index contributed by atoms with van der Waals surface area (Å²) in [6.07, 6.45) is 2.23. The number of β-amino-alcohol motifs (C(OH)–C–C–N with tert-alkyl or cyclic N) is 1. The van der Waals surface area contributed by atoms with E-state index in [9.17, 15) is 5.11 Å². The SMILES string of the molecule is Cc1ccc(-c2nc(CNCC(O)CN3CCCC3)cs2)cc1. The minimum absolute atomic E-state index is 0.302. The first kappa shape index (κ1) is 16.6. The standard InChI is InChI=1S/C18H25N3OS/c1-14-4-6-15(7-5-14)18-20-16(13-23-18)10-19-11-17(22)12-21-8-2-3-9-21/h4-7,13,17,19,22H,2-3,8-12H2,1H3. The number of aryl methyl sites for hydroxylation is 1. The highest BCUT2D eigenvalue weighted by molar-refractivity contribution is 7.13. The summed E-state index contributed by atoms with van der Waals surface area (Å²) >= 11 is 1.67. The van der Waals surface area contributed by atoms with Crippen molar-refractivity contribution >= 4 is 11.3 Å². The predicted octanol–water partition coefficient (Wildman–Crippen LogP) is 2.66. The smallest absolute Gasteiger partial charge is 0.123 e. The number of aliphatic hydroxyl groups excluding tert-OH is 1. The number of nitrogens with one attached hydrogen (secondary N) is 1. The van der Waals surface area contributed by atoms with E-state index in [1.165, 1.54) is 24.0 Å². The monoisotopic (exact) mass is 331 g/mol. The van der Waals surface area contributed by atoms with Gasteiger partial charge in [-0.3, -0.25) is 0 Å². The maximum atomic E-state index is 10.1. The molecule has 23 heavy (non-hydrogen) atoms. The van der Waals surface area contributed by atoms with Crippen LogP contribution < -0.4 is 5.32 Å². The molecule has 1 aromatic heterocycles. The van der Waals surface area contributed by atoms with Crippen LogP contribution in [0, 0.1) is 6.92 Å². The van der Waals surface area contributed by atoms with Crippen molar-refractivity contribution < 1.29 is 5.11 Å². The highest BCUT2D eigenvalue weighted by atomic mass is 32.1. The van der Waals surface area contributed by atoms with Crippen LogP contribution in [0.1, 0.15) is 24.1 Å². The third-order valence-corrected chi connectivity index (χ3v) is 5.14. The van der Waals surface area contributed by atoms with E-state index in [-0.39, 0.29) is 6.10 Å². The fraction of sp³-hybridized carbons (Fsp3) is 0.500. The second-order valence-electron chi connectivity index (χ2n) is 6.30. The Morgan fingerprint density at radius 3 is 2.74 bits per heavy atom. The number of likely N-dealkylation sites (tertiary alicyclic amines) is 1. The highest BCUT2D eigenvalue weighted by Gasteiger charge is 2.15. The van der Waals surface area contributed by atoms with Crippen molar-refractivity contribution in [1.29, 1.82) is 0 Å². The van der Waals surface area contributed by atoms with Crippen LogP contribution in [-0.4, -0.2) is 47.3 Å². The molecule has 0 spiro atoms. The van der Waals surface area contributed by atoms with Gasteiger partial charge in [-0.2, -0.15) is 0 Å². The molecule has 124 valence electrons. The fourth-order valence-corrected chi connectivity index (χ4v) is 3.74. The van der Waals surface area contributed by atoms with Crippen molar-refractivity contribution in [2.24, 2.45) is 0 Å². The summed E-state index contributed by atoms with van der Waals surface area (Å²) in [6.45, 7) is 6.45. The van der Waals surface area contributed by atoms with E-state index in [0.29, 0.717) is 13.1 Å². The van der Waals surface area contributed by atoms with Gasteiger partial charge in [0.1, 0.15) is 5.01 Å². The molecule has 0 amide bonds. The van der Waals surface area contributed by atoms with Crippen LogP contribution in [0.25, 0.3) is 10.6 Å². The van der Waals surface area contributed by atoms with E-state index in [4.69, 9.17) is 0 Å². The van der Waals surface area contributed by atoms with E-state index < -0.39 is 0 Å². The van der Waals surface area contributed by atoms with Crippen molar-refractivity contribution in [3.8, 4) is 10.6 Å². The van der Waals surface area contributed by atoms with Crippen molar-refractivity contribution in [2.45, 2.75) is 32.4 Å². The molecule has 0 aliphatic carbocycles. The van der Waals surface area contributed by atoms with Gasteiger partial charge in [0.15, 0.2) is 0 Å². The summed E-state index contributed by atoms with van der Waals surface area (Å²) in [6, 6.07) is 8.46. The largest absolute Gasteiger partial charge is 0.390 e. The maximum absolute atomic E-state index is 10.1. The zero-order valence-electron chi connectivity index (χ0n) is 13.7. The summed E-state index contributed by atoms with van der Waals surface area (Å²) in [4.78, 5) is 7.01. The summed E-state index contributed by atoms with van der Waals surface area (Å²) < 4.78 is 0. The van der Waals surface area contributed by atoms with Gasteiger partial charge in [0, 0.05) is 30.6 Å². The van der Waals surface area contributed by atoms with Crippen LogP contribution in [0.3, 0.4) is 0 Å². The van der Waals surface area contributed by atoms with Gasteiger partial charge in [0.2, 0.25) is 0 Å². The lowest BCUT2D eigenvalue weighted by Gasteiger charge is -2.19. The molecule has 3 rings (SSSR count). The van der Waals surface area contributed by atoms with E-state index in [2.05, 4.69) is 51.8 Å². The average molecular weight is 331 g/mol. The molecular formula is C18H25N3OS. The van der Waals surface area contributed by atoms with Gasteiger partial charge in [-0.15, -0.1) is 11.3 Å². The van der Waals surface area contributed by atoms with Crippen LogP contribution >= 0.6 is 11.3 Å². The molecular weight excluding hydrogens is 306 g/mol. The quantitative estimate of drug-likeness (QED) is 0.819. The lowest BCUT2D eigenvalue weighted by atomic mass is 10.2. The van der Waals surface area contributed by atoms with E-state index in [0.717, 1.165) is 30.3 Å². The van der Waals surface area contributed by atoms with Gasteiger partial charge >= 0.3 is 0 Å². The van der Waals surface area contributed by atoms with Gasteiger partial charge in [-0.25, -0.2) is 4.98 Å². The minimum Gasteiger partial charge on any atom is -0.390 e. The molecule has 0 bridgehead atoms. The van der Waals surface area contributed by atoms with Crippen molar-refractivity contribution in [3.63, 3.8) is 0 Å². The number of thiazole rings is 1. The molecule has 1 saturated heterocycles. The zero-order chi connectivity index (χ0) is 16.1. The molecule has 4 nitrogen and oxygen atoms in total. The Morgan fingerprint density at radius 2 is 2.00 bits per heavy atom. The van der Waals surface area contributed by atoms with Crippen LogP contribution in [0.4, 0.5) is 0 Å². The molecule has 2 N–H and O–H groups in total. The lowest BCUT2D eigenvalue weighted by Crippen LogP contribution is -2.36. The third-order valence-electron chi connectivity index (χ3n) is 4.20. The highest BCUT2D eigenvalue weighted by Crippen LogP contribution is 2.23. The Kier molecular flexibility index (Phi) is 5.78. The number of nitrogens with zero attached hydrogens (tertiary/aromatic N) is 2. The van der Waals surface area contributed by atoms with Crippen LogP contribution in [0.2, 0.25) is 0 Å².